The summed E-state index contributed by atoms with van der Waals surface area (Å²) in [5, 5.41) is 0. The Kier molecular flexibility index (Phi) is 6.55. The predicted molar refractivity (Wildman–Crippen MR) is 126 cm³/mol. The van der Waals surface area contributed by atoms with Gasteiger partial charge in [-0.3, -0.25) is 0 Å². The maximum absolute atomic E-state index is 5.59. The fourth-order valence-electron chi connectivity index (χ4n) is 3.91. The lowest BCUT2D eigenvalue weighted by molar-refractivity contribution is 0.340. The molecular formula is C28H34O2. The van der Waals surface area contributed by atoms with Gasteiger partial charge in [-0.25, -0.2) is 0 Å². The highest BCUT2D eigenvalue weighted by molar-refractivity contribution is 5.45. The Hall–Kier alpha value is -2.74. The summed E-state index contributed by atoms with van der Waals surface area (Å²) < 4.78 is 11.2. The number of hydrogen-bond acceptors (Lipinski definition) is 2. The maximum Gasteiger partial charge on any atom is 0.119 e. The molecule has 0 aliphatic heterocycles. The number of rotatable bonds is 8. The van der Waals surface area contributed by atoms with Crippen LogP contribution in [0.3, 0.4) is 0 Å². The summed E-state index contributed by atoms with van der Waals surface area (Å²) in [6.07, 6.45) is 0. The molecule has 0 amide bonds. The van der Waals surface area contributed by atoms with E-state index >= 15 is 0 Å². The molecule has 158 valence electrons. The molecule has 0 aromatic heterocycles. The van der Waals surface area contributed by atoms with E-state index in [1.807, 2.05) is 13.8 Å². The first-order valence-corrected chi connectivity index (χ1v) is 10.9. The maximum atomic E-state index is 5.59. The second-order valence-electron chi connectivity index (χ2n) is 8.74. The van der Waals surface area contributed by atoms with Crippen LogP contribution in [0.5, 0.6) is 11.5 Å². The van der Waals surface area contributed by atoms with Crippen molar-refractivity contribution in [2.24, 2.45) is 0 Å². The van der Waals surface area contributed by atoms with Gasteiger partial charge in [0.25, 0.3) is 0 Å². The van der Waals surface area contributed by atoms with Crippen molar-refractivity contribution in [3.8, 4) is 11.5 Å². The third-order valence-electron chi connectivity index (χ3n) is 6.10. The molecule has 0 spiro atoms. The van der Waals surface area contributed by atoms with Crippen LogP contribution >= 0.6 is 0 Å². The monoisotopic (exact) mass is 402 g/mol. The van der Waals surface area contributed by atoms with Gasteiger partial charge in [-0.1, -0.05) is 76.2 Å². The van der Waals surface area contributed by atoms with E-state index in [-0.39, 0.29) is 10.8 Å². The molecule has 0 saturated carbocycles. The quantitative estimate of drug-likeness (QED) is 0.399. The van der Waals surface area contributed by atoms with E-state index in [0.29, 0.717) is 13.2 Å². The molecule has 3 aromatic carbocycles. The summed E-state index contributed by atoms with van der Waals surface area (Å²) in [5.41, 5.74) is 5.02. The van der Waals surface area contributed by atoms with Crippen molar-refractivity contribution in [2.75, 3.05) is 13.2 Å². The minimum absolute atomic E-state index is 0.0768. The molecule has 0 aliphatic rings. The van der Waals surface area contributed by atoms with Crippen molar-refractivity contribution in [2.45, 2.75) is 52.4 Å². The van der Waals surface area contributed by atoms with Crippen LogP contribution in [0.4, 0.5) is 0 Å². The van der Waals surface area contributed by atoms with Gasteiger partial charge in [0.1, 0.15) is 11.5 Å². The van der Waals surface area contributed by atoms with Gasteiger partial charge in [0.15, 0.2) is 0 Å². The smallest absolute Gasteiger partial charge is 0.119 e. The lowest BCUT2D eigenvalue weighted by Gasteiger charge is -2.29. The van der Waals surface area contributed by atoms with Crippen LogP contribution in [0, 0.1) is 0 Å². The minimum atomic E-state index is -0.0768. The summed E-state index contributed by atoms with van der Waals surface area (Å²) >= 11 is 0. The largest absolute Gasteiger partial charge is 0.494 e. The molecule has 3 rings (SSSR count). The summed E-state index contributed by atoms with van der Waals surface area (Å²) in [6, 6.07) is 26.0. The number of hydrogen-bond donors (Lipinski definition) is 0. The fraction of sp³-hybridized carbons (Fsp3) is 0.357. The lowest BCUT2D eigenvalue weighted by Crippen LogP contribution is -2.21. The standard InChI is InChI=1S/C28H34O2/c1-7-29-25-17-13-23(14-18-25)27(3,4)21-9-11-22(12-10-21)28(5,6)24-15-19-26(20-16-24)30-8-2/h9-20H,7-8H2,1-6H3. The molecule has 2 nitrogen and oxygen atoms in total. The lowest BCUT2D eigenvalue weighted by atomic mass is 9.74. The Balaban J connectivity index is 1.83. The molecule has 30 heavy (non-hydrogen) atoms. The Bertz CT molecular complexity index is 853. The van der Waals surface area contributed by atoms with Gasteiger partial charge in [0.2, 0.25) is 0 Å². The Labute approximate surface area is 181 Å². The molecule has 0 saturated heterocycles. The molecule has 0 unspecified atom stereocenters. The number of benzene rings is 3. The summed E-state index contributed by atoms with van der Waals surface area (Å²) in [4.78, 5) is 0. The van der Waals surface area contributed by atoms with Crippen molar-refractivity contribution in [1.29, 1.82) is 0 Å². The van der Waals surface area contributed by atoms with Gasteiger partial charge in [-0.15, -0.1) is 0 Å². The van der Waals surface area contributed by atoms with Crippen molar-refractivity contribution in [1.82, 2.24) is 0 Å². The molecular weight excluding hydrogens is 368 g/mol. The average molecular weight is 403 g/mol. The van der Waals surface area contributed by atoms with E-state index in [2.05, 4.69) is 100 Å². The molecule has 0 fully saturated rings. The van der Waals surface area contributed by atoms with E-state index in [9.17, 15) is 0 Å². The normalized spacial score (nSPS) is 11.9. The van der Waals surface area contributed by atoms with E-state index in [4.69, 9.17) is 9.47 Å². The van der Waals surface area contributed by atoms with E-state index in [1.54, 1.807) is 0 Å². The first-order chi connectivity index (χ1) is 14.3. The topological polar surface area (TPSA) is 18.5 Å². The van der Waals surface area contributed by atoms with Crippen LogP contribution in [-0.2, 0) is 10.8 Å². The average Bonchev–Trinajstić information content (AvgIpc) is 2.75. The summed E-state index contributed by atoms with van der Waals surface area (Å²) in [7, 11) is 0. The zero-order valence-corrected chi connectivity index (χ0v) is 19.2. The van der Waals surface area contributed by atoms with Gasteiger partial charge in [0.05, 0.1) is 13.2 Å². The molecule has 3 aromatic rings. The fourth-order valence-corrected chi connectivity index (χ4v) is 3.91. The van der Waals surface area contributed by atoms with Crippen LogP contribution in [-0.4, -0.2) is 13.2 Å². The SMILES string of the molecule is CCOc1ccc(C(C)(C)c2ccc(C(C)(C)c3ccc(OCC)cc3)cc2)cc1. The highest BCUT2D eigenvalue weighted by Crippen LogP contribution is 2.36. The van der Waals surface area contributed by atoms with Crippen LogP contribution in [0.15, 0.2) is 72.8 Å². The molecule has 2 heteroatoms. The zero-order valence-electron chi connectivity index (χ0n) is 19.2. The van der Waals surface area contributed by atoms with Crippen molar-refractivity contribution in [3.63, 3.8) is 0 Å². The highest BCUT2D eigenvalue weighted by atomic mass is 16.5. The van der Waals surface area contributed by atoms with Crippen LogP contribution < -0.4 is 9.47 Å². The predicted octanol–water partition coefficient (Wildman–Crippen LogP) is 7.14. The van der Waals surface area contributed by atoms with Crippen LogP contribution in [0.2, 0.25) is 0 Å². The summed E-state index contributed by atoms with van der Waals surface area (Å²) in [5.74, 6) is 1.84. The second kappa shape index (κ2) is 8.95. The molecule has 0 radical (unpaired) electrons. The zero-order chi connectivity index (χ0) is 21.8. The number of ether oxygens (including phenoxy) is 2. The third kappa shape index (κ3) is 4.53. The third-order valence-corrected chi connectivity index (χ3v) is 6.10. The summed E-state index contributed by atoms with van der Waals surface area (Å²) in [6.45, 7) is 14.5. The first kappa shape index (κ1) is 22.0. The highest BCUT2D eigenvalue weighted by Gasteiger charge is 2.26. The van der Waals surface area contributed by atoms with Gasteiger partial charge in [-0.2, -0.15) is 0 Å². The van der Waals surface area contributed by atoms with E-state index in [0.717, 1.165) is 11.5 Å². The van der Waals surface area contributed by atoms with Gasteiger partial charge >= 0.3 is 0 Å². The van der Waals surface area contributed by atoms with Gasteiger partial charge in [0, 0.05) is 10.8 Å². The van der Waals surface area contributed by atoms with E-state index in [1.165, 1.54) is 22.3 Å². The Morgan fingerprint density at radius 1 is 0.467 bits per heavy atom. The molecule has 0 N–H and O–H groups in total. The van der Waals surface area contributed by atoms with E-state index < -0.39 is 0 Å². The first-order valence-electron chi connectivity index (χ1n) is 10.9. The molecule has 0 bridgehead atoms. The van der Waals surface area contributed by atoms with Crippen LogP contribution in [0.1, 0.15) is 63.8 Å². The van der Waals surface area contributed by atoms with Crippen molar-refractivity contribution >= 4 is 0 Å². The second-order valence-corrected chi connectivity index (χ2v) is 8.74. The van der Waals surface area contributed by atoms with Gasteiger partial charge in [-0.05, 0) is 60.4 Å². The molecule has 0 aliphatic carbocycles. The van der Waals surface area contributed by atoms with Crippen molar-refractivity contribution < 1.29 is 9.47 Å². The Morgan fingerprint density at radius 2 is 0.700 bits per heavy atom. The molecule has 0 heterocycles. The Morgan fingerprint density at radius 3 is 0.933 bits per heavy atom. The van der Waals surface area contributed by atoms with Crippen LogP contribution in [0.25, 0.3) is 0 Å². The minimum Gasteiger partial charge on any atom is -0.494 e. The van der Waals surface area contributed by atoms with Gasteiger partial charge < -0.3 is 9.47 Å². The van der Waals surface area contributed by atoms with Crippen molar-refractivity contribution in [3.05, 3.63) is 95.1 Å². The molecule has 0 atom stereocenters.